The van der Waals surface area contributed by atoms with Crippen LogP contribution in [0, 0.1) is 17.3 Å². The molecule has 1 saturated carbocycles. The summed E-state index contributed by atoms with van der Waals surface area (Å²) in [4.78, 5) is 0. The summed E-state index contributed by atoms with van der Waals surface area (Å²) in [6, 6.07) is 0. The van der Waals surface area contributed by atoms with Gasteiger partial charge in [-0.1, -0.05) is 13.3 Å². The van der Waals surface area contributed by atoms with Gasteiger partial charge in [0.15, 0.2) is 0 Å². The number of hydrogen-bond acceptors (Lipinski definition) is 0. The summed E-state index contributed by atoms with van der Waals surface area (Å²) in [5.74, 6) is -12.2. The van der Waals surface area contributed by atoms with Gasteiger partial charge in [0.05, 0.1) is 5.92 Å². The van der Waals surface area contributed by atoms with Crippen LogP contribution in [-0.2, 0) is 0 Å². The maximum Gasteiger partial charge on any atom is 0.400 e. The van der Waals surface area contributed by atoms with Crippen molar-refractivity contribution in [2.24, 2.45) is 17.3 Å². The molecule has 0 aliphatic heterocycles. The topological polar surface area (TPSA) is 0 Å². The van der Waals surface area contributed by atoms with Gasteiger partial charge in [-0.25, -0.2) is 17.6 Å². The summed E-state index contributed by atoms with van der Waals surface area (Å²) in [7, 11) is 0. The summed E-state index contributed by atoms with van der Waals surface area (Å²) in [6.45, 7) is 1.94. The molecule has 0 saturated heterocycles. The Labute approximate surface area is 101 Å². The van der Waals surface area contributed by atoms with Crippen molar-refractivity contribution in [2.75, 3.05) is 0 Å². The van der Waals surface area contributed by atoms with E-state index < -0.39 is 41.7 Å². The van der Waals surface area contributed by atoms with E-state index in [0.29, 0.717) is 6.92 Å². The van der Waals surface area contributed by atoms with Gasteiger partial charge in [0.2, 0.25) is 0 Å². The van der Waals surface area contributed by atoms with Gasteiger partial charge in [0.1, 0.15) is 5.41 Å². The van der Waals surface area contributed by atoms with E-state index in [9.17, 15) is 30.7 Å². The fraction of sp³-hybridized carbons (Fsp3) is 1.00. The molecule has 0 spiro atoms. The van der Waals surface area contributed by atoms with Gasteiger partial charge >= 0.3 is 6.18 Å². The summed E-state index contributed by atoms with van der Waals surface area (Å²) in [5, 5.41) is 0. The minimum atomic E-state index is -5.20. The average molecular weight is 280 g/mol. The van der Waals surface area contributed by atoms with Crippen LogP contribution in [0.1, 0.15) is 33.6 Å². The van der Waals surface area contributed by atoms with Gasteiger partial charge in [-0.05, 0) is 26.2 Å². The van der Waals surface area contributed by atoms with E-state index in [1.165, 1.54) is 6.92 Å². The molecule has 0 heterocycles. The van der Waals surface area contributed by atoms with Crippen molar-refractivity contribution >= 4 is 0 Å². The van der Waals surface area contributed by atoms with Crippen LogP contribution in [0.2, 0.25) is 0 Å². The Morgan fingerprint density at radius 3 is 1.78 bits per heavy atom. The van der Waals surface area contributed by atoms with Gasteiger partial charge in [0.25, 0.3) is 11.8 Å². The van der Waals surface area contributed by atoms with E-state index in [1.807, 2.05) is 0 Å². The van der Waals surface area contributed by atoms with Crippen molar-refractivity contribution in [2.45, 2.75) is 51.6 Å². The first-order valence-corrected chi connectivity index (χ1v) is 5.61. The fourth-order valence-corrected chi connectivity index (χ4v) is 2.83. The zero-order valence-corrected chi connectivity index (χ0v) is 10.2. The predicted molar refractivity (Wildman–Crippen MR) is 51.6 cm³/mol. The molecule has 0 amide bonds. The second-order valence-corrected chi connectivity index (χ2v) is 5.26. The Hall–Kier alpha value is -0.490. The lowest BCUT2D eigenvalue weighted by Crippen LogP contribution is -2.52. The third-order valence-corrected chi connectivity index (χ3v) is 3.96. The van der Waals surface area contributed by atoms with Crippen molar-refractivity contribution in [1.29, 1.82) is 0 Å². The van der Waals surface area contributed by atoms with Gasteiger partial charge in [-0.15, -0.1) is 0 Å². The zero-order valence-electron chi connectivity index (χ0n) is 10.2. The van der Waals surface area contributed by atoms with Crippen LogP contribution in [0.5, 0.6) is 0 Å². The monoisotopic (exact) mass is 280 g/mol. The molecule has 7 heteroatoms. The van der Waals surface area contributed by atoms with E-state index in [0.717, 1.165) is 0 Å². The van der Waals surface area contributed by atoms with Gasteiger partial charge in [-0.2, -0.15) is 13.2 Å². The molecule has 0 aromatic heterocycles. The Kier molecular flexibility index (Phi) is 3.46. The Morgan fingerprint density at radius 1 is 1.11 bits per heavy atom. The van der Waals surface area contributed by atoms with E-state index in [1.54, 1.807) is 0 Å². The number of halogens is 7. The Morgan fingerprint density at radius 2 is 1.56 bits per heavy atom. The maximum absolute atomic E-state index is 13.9. The van der Waals surface area contributed by atoms with Gasteiger partial charge < -0.3 is 0 Å². The molecule has 0 aromatic rings. The Bertz CT molecular complexity index is 314. The number of hydrogen-bond donors (Lipinski definition) is 0. The molecule has 3 unspecified atom stereocenters. The van der Waals surface area contributed by atoms with Crippen LogP contribution in [0.4, 0.5) is 30.7 Å². The quantitative estimate of drug-likeness (QED) is 0.632. The third-order valence-electron chi connectivity index (χ3n) is 3.96. The second-order valence-electron chi connectivity index (χ2n) is 5.26. The van der Waals surface area contributed by atoms with E-state index >= 15 is 0 Å². The highest BCUT2D eigenvalue weighted by Crippen LogP contribution is 2.66. The molecular formula is C11H15F7. The summed E-state index contributed by atoms with van der Waals surface area (Å²) in [5.41, 5.74) is -3.38. The molecule has 1 rings (SSSR count). The fourth-order valence-electron chi connectivity index (χ4n) is 2.83. The average Bonchev–Trinajstić information content (AvgIpc) is 2.32. The molecule has 0 bridgehead atoms. The SMILES string of the molecule is CCC1CC(C)(C(F)(F)F)C(F)(F)C1C(C)(F)F. The third kappa shape index (κ3) is 1.99. The van der Waals surface area contributed by atoms with Crippen LogP contribution in [-0.4, -0.2) is 18.0 Å². The smallest absolute Gasteiger partial charge is 0.207 e. The van der Waals surface area contributed by atoms with Crippen molar-refractivity contribution in [3.8, 4) is 0 Å². The maximum atomic E-state index is 13.9. The van der Waals surface area contributed by atoms with Gasteiger partial charge in [-0.3, -0.25) is 0 Å². The highest BCUT2D eigenvalue weighted by atomic mass is 19.4. The van der Waals surface area contributed by atoms with Crippen molar-refractivity contribution in [3.63, 3.8) is 0 Å². The predicted octanol–water partition coefficient (Wildman–Crippen LogP) is 4.89. The molecule has 1 fully saturated rings. The number of rotatable bonds is 2. The molecule has 0 radical (unpaired) electrons. The van der Waals surface area contributed by atoms with Crippen LogP contribution in [0.3, 0.4) is 0 Å². The van der Waals surface area contributed by atoms with E-state index in [4.69, 9.17) is 0 Å². The summed E-state index contributed by atoms with van der Waals surface area (Å²) in [6.07, 6.45) is -6.30. The minimum Gasteiger partial charge on any atom is -0.207 e. The molecule has 0 nitrogen and oxygen atoms in total. The largest absolute Gasteiger partial charge is 0.400 e. The minimum absolute atomic E-state index is 0.130. The first-order valence-electron chi connectivity index (χ1n) is 5.61. The van der Waals surface area contributed by atoms with E-state index in [-0.39, 0.29) is 13.3 Å². The highest BCUT2D eigenvalue weighted by Gasteiger charge is 2.77. The van der Waals surface area contributed by atoms with Crippen molar-refractivity contribution in [3.05, 3.63) is 0 Å². The lowest BCUT2D eigenvalue weighted by molar-refractivity contribution is -0.300. The molecule has 0 N–H and O–H groups in total. The zero-order chi connectivity index (χ0) is 14.6. The van der Waals surface area contributed by atoms with Crippen LogP contribution < -0.4 is 0 Å². The van der Waals surface area contributed by atoms with Crippen LogP contribution in [0.25, 0.3) is 0 Å². The van der Waals surface area contributed by atoms with Crippen molar-refractivity contribution < 1.29 is 30.7 Å². The normalized spacial score (nSPS) is 37.0. The van der Waals surface area contributed by atoms with E-state index in [2.05, 4.69) is 0 Å². The molecule has 1 aliphatic rings. The van der Waals surface area contributed by atoms with Crippen LogP contribution in [0.15, 0.2) is 0 Å². The summed E-state index contributed by atoms with van der Waals surface area (Å²) >= 11 is 0. The first kappa shape index (κ1) is 15.6. The van der Waals surface area contributed by atoms with Crippen molar-refractivity contribution in [1.82, 2.24) is 0 Å². The summed E-state index contributed by atoms with van der Waals surface area (Å²) < 4.78 is 92.6. The first-order chi connectivity index (χ1) is 7.79. The van der Waals surface area contributed by atoms with Gasteiger partial charge in [0, 0.05) is 0 Å². The molecule has 3 atom stereocenters. The highest BCUT2D eigenvalue weighted by molar-refractivity contribution is 5.10. The molecule has 18 heavy (non-hydrogen) atoms. The van der Waals surface area contributed by atoms with Crippen LogP contribution >= 0.6 is 0 Å². The molecule has 108 valence electrons. The second kappa shape index (κ2) is 4.00. The standard InChI is InChI=1S/C11H15F7/c1-4-6-5-8(2,11(16,17)18)10(14,15)7(6)9(3,12)13/h6-7H,4-5H2,1-3H3. The molecule has 0 aromatic carbocycles. The molecule has 1 aliphatic carbocycles. The lowest BCUT2D eigenvalue weighted by Gasteiger charge is -2.37. The molecular weight excluding hydrogens is 265 g/mol. The lowest BCUT2D eigenvalue weighted by atomic mass is 9.81. The Balaban J connectivity index is 3.32. The number of alkyl halides is 7.